The number of carbonyl (C=O) groups excluding carboxylic acids is 2. The van der Waals surface area contributed by atoms with Crippen molar-refractivity contribution >= 4 is 35.2 Å². The first kappa shape index (κ1) is 23.0. The van der Waals surface area contributed by atoms with Crippen molar-refractivity contribution in [2.75, 3.05) is 29.9 Å². The Morgan fingerprint density at radius 3 is 2.73 bits per heavy atom. The Hall–Kier alpha value is -3.15. The summed E-state index contributed by atoms with van der Waals surface area (Å²) in [5, 5.41) is 5.63. The molecule has 2 N–H and O–H groups in total. The first-order valence-electron chi connectivity index (χ1n) is 10.2. The van der Waals surface area contributed by atoms with Gasteiger partial charge in [-0.3, -0.25) is 14.9 Å². The minimum absolute atomic E-state index is 0.0127. The van der Waals surface area contributed by atoms with Crippen LogP contribution in [0.25, 0.3) is 0 Å². The number of hydrogen-bond donors (Lipinski definition) is 2. The molecule has 1 aliphatic carbocycles. The number of hydrogen-bond acceptors (Lipinski definition) is 7. The van der Waals surface area contributed by atoms with Crippen LogP contribution in [0.1, 0.15) is 29.8 Å². The Bertz CT molecular complexity index is 1050. The Kier molecular flexibility index (Phi) is 6.54. The van der Waals surface area contributed by atoms with E-state index in [1.165, 1.54) is 24.5 Å². The van der Waals surface area contributed by atoms with Crippen LogP contribution in [-0.2, 0) is 4.79 Å². The smallest absolute Gasteiger partial charge is 0.422 e. The van der Waals surface area contributed by atoms with Gasteiger partial charge < -0.3 is 15.0 Å². The summed E-state index contributed by atoms with van der Waals surface area (Å²) in [6.07, 6.45) is 0.401. The van der Waals surface area contributed by atoms with Gasteiger partial charge in [0, 0.05) is 37.3 Å². The molecule has 1 saturated heterocycles. The fourth-order valence-electron chi connectivity index (χ4n) is 3.32. The second-order valence-electron chi connectivity index (χ2n) is 7.81. The number of nitrogens with zero attached hydrogens (tertiary/aromatic N) is 4. The van der Waals surface area contributed by atoms with Gasteiger partial charge in [0.15, 0.2) is 6.61 Å². The van der Waals surface area contributed by atoms with Gasteiger partial charge in [0.1, 0.15) is 17.3 Å². The SMILES string of the molecule is O=C(NC1CCN(c2ncc(OCC(F)(F)F)cc2Cl)C1)c1ccnc(NC(=O)C2CC2)n1. The highest BCUT2D eigenvalue weighted by molar-refractivity contribution is 6.33. The van der Waals surface area contributed by atoms with Crippen molar-refractivity contribution in [3.05, 3.63) is 35.2 Å². The van der Waals surface area contributed by atoms with Gasteiger partial charge in [0.25, 0.3) is 5.91 Å². The summed E-state index contributed by atoms with van der Waals surface area (Å²) in [5.41, 5.74) is 0.122. The van der Waals surface area contributed by atoms with E-state index in [0.717, 1.165) is 12.8 Å². The third-order valence-corrected chi connectivity index (χ3v) is 5.37. The monoisotopic (exact) mass is 484 g/mol. The molecule has 0 aromatic carbocycles. The molecule has 1 atom stereocenters. The molecule has 0 radical (unpaired) electrons. The summed E-state index contributed by atoms with van der Waals surface area (Å²) in [6, 6.07) is 2.50. The van der Waals surface area contributed by atoms with Gasteiger partial charge >= 0.3 is 6.18 Å². The maximum absolute atomic E-state index is 12.6. The third-order valence-electron chi connectivity index (χ3n) is 5.09. The van der Waals surface area contributed by atoms with E-state index in [1.807, 2.05) is 4.90 Å². The molecule has 3 heterocycles. The summed E-state index contributed by atoms with van der Waals surface area (Å²) in [4.78, 5) is 38.5. The van der Waals surface area contributed by atoms with Crippen molar-refractivity contribution in [2.24, 2.45) is 5.92 Å². The van der Waals surface area contributed by atoms with Crippen LogP contribution in [0.2, 0.25) is 5.02 Å². The minimum atomic E-state index is -4.46. The Balaban J connectivity index is 1.33. The Labute approximate surface area is 191 Å². The zero-order chi connectivity index (χ0) is 23.6. The standard InChI is InChI=1S/C20H20ClF3N6O3/c21-14-7-13(33-10-20(22,23)24)8-26-16(14)30-6-4-12(9-30)27-18(32)15-3-5-25-19(28-15)29-17(31)11-1-2-11/h3,5,7-8,11-12H,1-2,4,6,9-10H2,(H,27,32)(H,25,28,29,31). The molecule has 0 bridgehead atoms. The van der Waals surface area contributed by atoms with Gasteiger partial charge in [0.2, 0.25) is 11.9 Å². The number of aromatic nitrogens is 3. The van der Waals surface area contributed by atoms with E-state index in [2.05, 4.69) is 30.3 Å². The lowest BCUT2D eigenvalue weighted by atomic mass is 10.2. The lowest BCUT2D eigenvalue weighted by molar-refractivity contribution is -0.153. The van der Waals surface area contributed by atoms with Crippen molar-refractivity contribution in [3.8, 4) is 5.75 Å². The quantitative estimate of drug-likeness (QED) is 0.622. The maximum Gasteiger partial charge on any atom is 0.422 e. The fourth-order valence-corrected chi connectivity index (χ4v) is 3.60. The van der Waals surface area contributed by atoms with Gasteiger partial charge in [-0.05, 0) is 25.3 Å². The number of anilines is 2. The average molecular weight is 485 g/mol. The lowest BCUT2D eigenvalue weighted by Gasteiger charge is -2.19. The summed E-state index contributed by atoms with van der Waals surface area (Å²) in [5.74, 6) is -0.199. The summed E-state index contributed by atoms with van der Waals surface area (Å²) in [7, 11) is 0. The van der Waals surface area contributed by atoms with Crippen molar-refractivity contribution < 1.29 is 27.5 Å². The van der Waals surface area contributed by atoms with Crippen LogP contribution in [0, 0.1) is 5.92 Å². The molecule has 2 aromatic rings. The van der Waals surface area contributed by atoms with Crippen molar-refractivity contribution in [1.82, 2.24) is 20.3 Å². The van der Waals surface area contributed by atoms with E-state index >= 15 is 0 Å². The highest BCUT2D eigenvalue weighted by Crippen LogP contribution is 2.31. The third kappa shape index (κ3) is 6.21. The van der Waals surface area contributed by atoms with E-state index in [4.69, 9.17) is 11.6 Å². The number of halogens is 4. The van der Waals surface area contributed by atoms with Gasteiger partial charge in [0.05, 0.1) is 11.2 Å². The van der Waals surface area contributed by atoms with Crippen LogP contribution in [-0.4, -0.2) is 58.7 Å². The number of pyridine rings is 1. The number of carbonyl (C=O) groups is 2. The van der Waals surface area contributed by atoms with Crippen LogP contribution in [0.5, 0.6) is 5.75 Å². The average Bonchev–Trinajstić information content (AvgIpc) is 3.52. The molecule has 4 rings (SSSR count). The molecule has 9 nitrogen and oxygen atoms in total. The molecular formula is C20H20ClF3N6O3. The molecule has 0 spiro atoms. The van der Waals surface area contributed by atoms with E-state index in [1.54, 1.807) is 0 Å². The number of nitrogens with one attached hydrogen (secondary N) is 2. The molecular weight excluding hydrogens is 465 g/mol. The zero-order valence-corrected chi connectivity index (χ0v) is 18.0. The number of alkyl halides is 3. The predicted octanol–water partition coefficient (Wildman–Crippen LogP) is 2.82. The first-order chi connectivity index (χ1) is 15.7. The molecule has 13 heteroatoms. The second-order valence-corrected chi connectivity index (χ2v) is 8.22. The van der Waals surface area contributed by atoms with Gasteiger partial charge in [-0.15, -0.1) is 0 Å². The highest BCUT2D eigenvalue weighted by atomic mass is 35.5. The molecule has 2 fully saturated rings. The fraction of sp³-hybridized carbons (Fsp3) is 0.450. The molecule has 2 amide bonds. The Morgan fingerprint density at radius 2 is 2.03 bits per heavy atom. The van der Waals surface area contributed by atoms with Gasteiger partial charge in [-0.1, -0.05) is 11.6 Å². The minimum Gasteiger partial charge on any atom is -0.482 e. The lowest BCUT2D eigenvalue weighted by Crippen LogP contribution is -2.37. The zero-order valence-electron chi connectivity index (χ0n) is 17.2. The molecule has 176 valence electrons. The van der Waals surface area contributed by atoms with Crippen LogP contribution in [0.3, 0.4) is 0 Å². The Morgan fingerprint density at radius 1 is 1.24 bits per heavy atom. The van der Waals surface area contributed by atoms with E-state index in [9.17, 15) is 22.8 Å². The molecule has 2 aromatic heterocycles. The van der Waals surface area contributed by atoms with Crippen LogP contribution >= 0.6 is 11.6 Å². The molecule has 1 aliphatic heterocycles. The maximum atomic E-state index is 12.6. The summed E-state index contributed by atoms with van der Waals surface area (Å²) < 4.78 is 41.6. The number of amides is 2. The number of rotatable bonds is 7. The molecule has 2 aliphatic rings. The normalized spacial score (nSPS) is 18.2. The van der Waals surface area contributed by atoms with Gasteiger partial charge in [-0.2, -0.15) is 13.2 Å². The first-order valence-corrected chi connectivity index (χ1v) is 10.6. The van der Waals surface area contributed by atoms with E-state index in [0.29, 0.717) is 25.3 Å². The summed E-state index contributed by atoms with van der Waals surface area (Å²) in [6.45, 7) is -0.498. The predicted molar refractivity (Wildman–Crippen MR) is 112 cm³/mol. The molecule has 33 heavy (non-hydrogen) atoms. The van der Waals surface area contributed by atoms with Gasteiger partial charge in [-0.25, -0.2) is 15.0 Å². The van der Waals surface area contributed by atoms with E-state index < -0.39 is 18.7 Å². The van der Waals surface area contributed by atoms with Crippen molar-refractivity contribution in [1.29, 1.82) is 0 Å². The van der Waals surface area contributed by atoms with Crippen LogP contribution in [0.15, 0.2) is 24.5 Å². The topological polar surface area (TPSA) is 109 Å². The van der Waals surface area contributed by atoms with E-state index in [-0.39, 0.29) is 40.3 Å². The molecule has 1 saturated carbocycles. The second kappa shape index (κ2) is 9.38. The van der Waals surface area contributed by atoms with Crippen LogP contribution < -0.4 is 20.3 Å². The number of ether oxygens (including phenoxy) is 1. The largest absolute Gasteiger partial charge is 0.482 e. The van der Waals surface area contributed by atoms with Crippen molar-refractivity contribution in [2.45, 2.75) is 31.5 Å². The summed E-state index contributed by atoms with van der Waals surface area (Å²) >= 11 is 6.19. The van der Waals surface area contributed by atoms with Crippen LogP contribution in [0.4, 0.5) is 24.9 Å². The molecule has 1 unspecified atom stereocenters. The van der Waals surface area contributed by atoms with Crippen molar-refractivity contribution in [3.63, 3.8) is 0 Å². The highest BCUT2D eigenvalue weighted by Gasteiger charge is 2.31.